The summed E-state index contributed by atoms with van der Waals surface area (Å²) >= 11 is 1.85. The molecule has 2 aliphatic rings. The van der Waals surface area contributed by atoms with Gasteiger partial charge in [-0.15, -0.1) is 0 Å². The van der Waals surface area contributed by atoms with Crippen molar-refractivity contribution in [3.8, 4) is 11.5 Å². The van der Waals surface area contributed by atoms with E-state index in [0.29, 0.717) is 6.79 Å². The molecule has 3 rings (SSSR count). The molecule has 1 saturated heterocycles. The van der Waals surface area contributed by atoms with Crippen LogP contribution in [0.1, 0.15) is 32.3 Å². The van der Waals surface area contributed by atoms with E-state index in [2.05, 4.69) is 47.9 Å². The van der Waals surface area contributed by atoms with Crippen molar-refractivity contribution in [2.24, 2.45) is 4.99 Å². The van der Waals surface area contributed by atoms with Crippen LogP contribution in [0.5, 0.6) is 11.5 Å². The molecule has 0 aromatic heterocycles. The van der Waals surface area contributed by atoms with Crippen LogP contribution in [0.4, 0.5) is 0 Å². The van der Waals surface area contributed by atoms with Crippen LogP contribution < -0.4 is 20.1 Å². The number of thioether (sulfide) groups is 1. The van der Waals surface area contributed by atoms with Gasteiger partial charge in [-0.05, 0) is 50.6 Å². The zero-order valence-electron chi connectivity index (χ0n) is 16.8. The third-order valence-corrected chi connectivity index (χ3v) is 6.74. The van der Waals surface area contributed by atoms with Gasteiger partial charge < -0.3 is 24.8 Å². The maximum absolute atomic E-state index is 5.65. The lowest BCUT2D eigenvalue weighted by molar-refractivity contribution is 0.0513. The van der Waals surface area contributed by atoms with Gasteiger partial charge in [-0.1, -0.05) is 6.07 Å². The smallest absolute Gasteiger partial charge is 0.231 e. The van der Waals surface area contributed by atoms with Crippen molar-refractivity contribution in [2.45, 2.75) is 36.9 Å². The average molecular weight is 394 g/mol. The van der Waals surface area contributed by atoms with Crippen molar-refractivity contribution in [1.82, 2.24) is 10.6 Å². The fraction of sp³-hybridized carbons (Fsp3) is 0.650. The molecule has 1 aromatic rings. The third-order valence-electron chi connectivity index (χ3n) is 5.49. The summed E-state index contributed by atoms with van der Waals surface area (Å²) in [5.41, 5.74) is 1.26. The number of ether oxygens (including phenoxy) is 3. The van der Waals surface area contributed by atoms with E-state index in [1.807, 2.05) is 24.9 Å². The standard InChI is InChI=1S/C20H31N3O3S/c1-19(2,27-4)12-22-18(21-3)23-13-20(7-9-24-10-8-20)15-5-6-16-17(11-15)26-14-25-16/h5-6,11H,7-10,12-14H2,1-4H3,(H2,21,22,23). The summed E-state index contributed by atoms with van der Waals surface area (Å²) in [6, 6.07) is 6.30. The van der Waals surface area contributed by atoms with E-state index < -0.39 is 0 Å². The molecule has 0 atom stereocenters. The first-order chi connectivity index (χ1) is 13.0. The van der Waals surface area contributed by atoms with Gasteiger partial charge in [-0.25, -0.2) is 0 Å². The van der Waals surface area contributed by atoms with Crippen LogP contribution in [0.15, 0.2) is 23.2 Å². The maximum atomic E-state index is 5.65. The normalized spacial score (nSPS) is 19.0. The Morgan fingerprint density at radius 2 is 1.93 bits per heavy atom. The van der Waals surface area contributed by atoms with Gasteiger partial charge in [0.15, 0.2) is 17.5 Å². The molecule has 0 bridgehead atoms. The summed E-state index contributed by atoms with van der Waals surface area (Å²) < 4.78 is 16.9. The second-order valence-electron chi connectivity index (χ2n) is 7.70. The number of aliphatic imine (C=N–C) groups is 1. The number of guanidine groups is 1. The fourth-order valence-corrected chi connectivity index (χ4v) is 3.61. The van der Waals surface area contributed by atoms with Crippen molar-refractivity contribution in [3.05, 3.63) is 23.8 Å². The van der Waals surface area contributed by atoms with E-state index in [0.717, 1.165) is 56.6 Å². The minimum absolute atomic E-state index is 0.00806. The van der Waals surface area contributed by atoms with Crippen LogP contribution in [-0.4, -0.2) is 57.1 Å². The first kappa shape index (κ1) is 20.1. The Labute approximate surface area is 166 Å². The van der Waals surface area contributed by atoms with Gasteiger partial charge in [-0.2, -0.15) is 11.8 Å². The molecular formula is C20H31N3O3S. The van der Waals surface area contributed by atoms with E-state index in [1.165, 1.54) is 5.56 Å². The van der Waals surface area contributed by atoms with E-state index in [1.54, 1.807) is 0 Å². The van der Waals surface area contributed by atoms with Gasteiger partial charge in [0, 0.05) is 43.5 Å². The van der Waals surface area contributed by atoms with Gasteiger partial charge in [-0.3, -0.25) is 4.99 Å². The molecule has 2 heterocycles. The Bertz CT molecular complexity index is 672. The minimum Gasteiger partial charge on any atom is -0.454 e. The van der Waals surface area contributed by atoms with Crippen LogP contribution in [0, 0.1) is 0 Å². The molecule has 2 aliphatic heterocycles. The Kier molecular flexibility index (Phi) is 6.42. The first-order valence-corrected chi connectivity index (χ1v) is 10.7. The summed E-state index contributed by atoms with van der Waals surface area (Å²) in [6.45, 7) is 7.94. The van der Waals surface area contributed by atoms with Gasteiger partial charge in [0.05, 0.1) is 0 Å². The highest BCUT2D eigenvalue weighted by atomic mass is 32.2. The number of nitrogens with zero attached hydrogens (tertiary/aromatic N) is 1. The number of hydrogen-bond acceptors (Lipinski definition) is 5. The molecule has 0 spiro atoms. The molecule has 1 aromatic carbocycles. The largest absolute Gasteiger partial charge is 0.454 e. The van der Waals surface area contributed by atoms with Crippen molar-refractivity contribution in [3.63, 3.8) is 0 Å². The summed E-state index contributed by atoms with van der Waals surface area (Å²) in [6.07, 6.45) is 4.06. The molecule has 7 heteroatoms. The molecule has 0 amide bonds. The van der Waals surface area contributed by atoms with Crippen LogP contribution in [0.2, 0.25) is 0 Å². The van der Waals surface area contributed by atoms with Gasteiger partial charge >= 0.3 is 0 Å². The summed E-state index contributed by atoms with van der Waals surface area (Å²) in [4.78, 5) is 4.40. The quantitative estimate of drug-likeness (QED) is 0.572. The van der Waals surface area contributed by atoms with Crippen LogP contribution in [0.3, 0.4) is 0 Å². The van der Waals surface area contributed by atoms with Gasteiger partial charge in [0.25, 0.3) is 0 Å². The van der Waals surface area contributed by atoms with Crippen molar-refractivity contribution >= 4 is 17.7 Å². The Hall–Kier alpha value is -1.60. The number of hydrogen-bond donors (Lipinski definition) is 2. The molecule has 6 nitrogen and oxygen atoms in total. The fourth-order valence-electron chi connectivity index (χ4n) is 3.40. The number of nitrogens with one attached hydrogen (secondary N) is 2. The molecule has 1 fully saturated rings. The van der Waals surface area contributed by atoms with E-state index in [-0.39, 0.29) is 10.2 Å². The third kappa shape index (κ3) is 4.82. The van der Waals surface area contributed by atoms with Crippen molar-refractivity contribution in [2.75, 3.05) is 46.4 Å². The highest BCUT2D eigenvalue weighted by Crippen LogP contribution is 2.40. The second-order valence-corrected chi connectivity index (χ2v) is 9.22. The van der Waals surface area contributed by atoms with Gasteiger partial charge in [0.1, 0.15) is 0 Å². The van der Waals surface area contributed by atoms with Crippen molar-refractivity contribution < 1.29 is 14.2 Å². The molecule has 0 aliphatic carbocycles. The van der Waals surface area contributed by atoms with E-state index in [9.17, 15) is 0 Å². The van der Waals surface area contributed by atoms with E-state index in [4.69, 9.17) is 14.2 Å². The zero-order valence-corrected chi connectivity index (χ0v) is 17.6. The molecule has 0 radical (unpaired) electrons. The van der Waals surface area contributed by atoms with Gasteiger partial charge in [0.2, 0.25) is 6.79 Å². The average Bonchev–Trinajstić information content (AvgIpc) is 3.16. The van der Waals surface area contributed by atoms with Crippen molar-refractivity contribution in [1.29, 1.82) is 0 Å². The predicted molar refractivity (Wildman–Crippen MR) is 111 cm³/mol. The second kappa shape index (κ2) is 8.61. The Morgan fingerprint density at radius 3 is 2.63 bits per heavy atom. The summed E-state index contributed by atoms with van der Waals surface area (Å²) in [5.74, 6) is 2.50. The SMILES string of the molecule is CN=C(NCC(C)(C)SC)NCC1(c2ccc3c(c2)OCO3)CCOCC1. The van der Waals surface area contributed by atoms with Crippen LogP contribution in [0.25, 0.3) is 0 Å². The molecular weight excluding hydrogens is 362 g/mol. The number of benzene rings is 1. The highest BCUT2D eigenvalue weighted by molar-refractivity contribution is 7.99. The number of fused-ring (bicyclic) bond motifs is 1. The summed E-state index contributed by atoms with van der Waals surface area (Å²) in [5, 5.41) is 7.00. The Morgan fingerprint density at radius 1 is 1.19 bits per heavy atom. The molecule has 0 saturated carbocycles. The molecule has 0 unspecified atom stereocenters. The predicted octanol–water partition coefficient (Wildman–Crippen LogP) is 2.77. The molecule has 150 valence electrons. The van der Waals surface area contributed by atoms with Crippen LogP contribution in [-0.2, 0) is 10.2 Å². The lowest BCUT2D eigenvalue weighted by Gasteiger charge is -2.38. The van der Waals surface area contributed by atoms with E-state index >= 15 is 0 Å². The van der Waals surface area contributed by atoms with Crippen LogP contribution >= 0.6 is 11.8 Å². The monoisotopic (exact) mass is 393 g/mol. The Balaban J connectivity index is 1.71. The lowest BCUT2D eigenvalue weighted by Crippen LogP contribution is -2.49. The zero-order chi connectivity index (χ0) is 19.3. The summed E-state index contributed by atoms with van der Waals surface area (Å²) in [7, 11) is 1.82. The lowest BCUT2D eigenvalue weighted by atomic mass is 9.74. The first-order valence-electron chi connectivity index (χ1n) is 9.46. The maximum Gasteiger partial charge on any atom is 0.231 e. The number of rotatable bonds is 6. The topological polar surface area (TPSA) is 64.1 Å². The molecule has 27 heavy (non-hydrogen) atoms. The molecule has 2 N–H and O–H groups in total. The highest BCUT2D eigenvalue weighted by Gasteiger charge is 2.36. The minimum atomic E-state index is -0.00806.